The van der Waals surface area contributed by atoms with E-state index in [9.17, 15) is 18.4 Å². The minimum atomic E-state index is -0.978. The SMILES string of the molecule is COC(=O)[C@H]1Cc2c([nH]c3ccccc23)[C@@H](c2cc(F)cc(F)c2)N1C(=O)CCl. The fourth-order valence-electron chi connectivity index (χ4n) is 4.06. The number of amides is 1. The molecule has 2 atom stereocenters. The predicted molar refractivity (Wildman–Crippen MR) is 104 cm³/mol. The van der Waals surface area contributed by atoms with Gasteiger partial charge in [-0.3, -0.25) is 4.79 Å². The number of rotatable bonds is 3. The Labute approximate surface area is 170 Å². The second kappa shape index (κ2) is 7.48. The molecule has 0 spiro atoms. The van der Waals surface area contributed by atoms with E-state index >= 15 is 0 Å². The normalized spacial score (nSPS) is 18.6. The minimum Gasteiger partial charge on any atom is -0.467 e. The van der Waals surface area contributed by atoms with E-state index in [0.29, 0.717) is 5.69 Å². The van der Waals surface area contributed by atoms with Crippen LogP contribution >= 0.6 is 11.6 Å². The molecule has 0 aliphatic carbocycles. The highest BCUT2D eigenvalue weighted by Gasteiger charge is 2.44. The summed E-state index contributed by atoms with van der Waals surface area (Å²) in [5, 5.41) is 0.872. The number of ether oxygens (including phenoxy) is 1. The summed E-state index contributed by atoms with van der Waals surface area (Å²) in [5.74, 6) is -3.12. The van der Waals surface area contributed by atoms with Crippen LogP contribution in [0.5, 0.6) is 0 Å². The molecule has 1 aliphatic heterocycles. The zero-order chi connectivity index (χ0) is 20.7. The average Bonchev–Trinajstić information content (AvgIpc) is 3.08. The topological polar surface area (TPSA) is 62.4 Å². The van der Waals surface area contributed by atoms with Gasteiger partial charge in [0.15, 0.2) is 0 Å². The van der Waals surface area contributed by atoms with Crippen LogP contribution in [0, 0.1) is 11.6 Å². The summed E-state index contributed by atoms with van der Waals surface area (Å²) in [6.07, 6.45) is 0.197. The molecule has 1 amide bonds. The summed E-state index contributed by atoms with van der Waals surface area (Å²) in [6, 6.07) is 8.61. The number of carbonyl (C=O) groups is 2. The molecular weight excluding hydrogens is 402 g/mol. The van der Waals surface area contributed by atoms with Gasteiger partial charge in [-0.1, -0.05) is 18.2 Å². The van der Waals surface area contributed by atoms with Crippen molar-refractivity contribution in [1.82, 2.24) is 9.88 Å². The van der Waals surface area contributed by atoms with Crippen molar-refractivity contribution in [3.63, 3.8) is 0 Å². The zero-order valence-electron chi connectivity index (χ0n) is 15.4. The van der Waals surface area contributed by atoms with Crippen LogP contribution in [-0.4, -0.2) is 40.8 Å². The Morgan fingerprint density at radius 3 is 2.55 bits per heavy atom. The van der Waals surface area contributed by atoms with Crippen LogP contribution in [0.1, 0.15) is 22.9 Å². The Morgan fingerprint density at radius 2 is 1.90 bits per heavy atom. The summed E-state index contributed by atoms with van der Waals surface area (Å²) >= 11 is 5.82. The van der Waals surface area contributed by atoms with Gasteiger partial charge in [-0.15, -0.1) is 11.6 Å². The highest BCUT2D eigenvalue weighted by atomic mass is 35.5. The number of aromatic nitrogens is 1. The lowest BCUT2D eigenvalue weighted by atomic mass is 9.88. The van der Waals surface area contributed by atoms with E-state index in [1.165, 1.54) is 12.0 Å². The second-order valence-corrected chi connectivity index (χ2v) is 7.11. The Kier molecular flexibility index (Phi) is 5.00. The number of alkyl halides is 1. The number of fused-ring (bicyclic) bond motifs is 3. The second-order valence-electron chi connectivity index (χ2n) is 6.85. The van der Waals surface area contributed by atoms with Crippen LogP contribution < -0.4 is 0 Å². The van der Waals surface area contributed by atoms with E-state index in [2.05, 4.69) is 4.98 Å². The maximum Gasteiger partial charge on any atom is 0.328 e. The first-order valence-corrected chi connectivity index (χ1v) is 9.48. The third kappa shape index (κ3) is 3.25. The number of halogens is 3. The molecule has 1 N–H and O–H groups in total. The highest BCUT2D eigenvalue weighted by molar-refractivity contribution is 6.27. The van der Waals surface area contributed by atoms with E-state index in [0.717, 1.165) is 34.7 Å². The number of benzene rings is 2. The molecule has 2 heterocycles. The summed E-state index contributed by atoms with van der Waals surface area (Å²) in [6.45, 7) is 0. The van der Waals surface area contributed by atoms with Crippen molar-refractivity contribution in [3.8, 4) is 0 Å². The molecule has 4 rings (SSSR count). The number of nitrogens with zero attached hydrogens (tertiary/aromatic N) is 1. The number of para-hydroxylation sites is 1. The molecule has 0 bridgehead atoms. The Bertz CT molecular complexity index is 1090. The van der Waals surface area contributed by atoms with Crippen LogP contribution in [-0.2, 0) is 20.7 Å². The van der Waals surface area contributed by atoms with Crippen molar-refractivity contribution in [2.45, 2.75) is 18.5 Å². The summed E-state index contributed by atoms with van der Waals surface area (Å²) in [7, 11) is 1.23. The lowest BCUT2D eigenvalue weighted by Gasteiger charge is -2.40. The van der Waals surface area contributed by atoms with Gasteiger partial charge < -0.3 is 14.6 Å². The predicted octanol–water partition coefficient (Wildman–Crippen LogP) is 3.70. The molecule has 0 saturated carbocycles. The first-order valence-electron chi connectivity index (χ1n) is 8.95. The van der Waals surface area contributed by atoms with Crippen LogP contribution in [0.25, 0.3) is 10.9 Å². The molecular formula is C21H17ClF2N2O3. The molecule has 150 valence electrons. The third-order valence-corrected chi connectivity index (χ3v) is 5.44. The maximum absolute atomic E-state index is 14.0. The molecule has 29 heavy (non-hydrogen) atoms. The molecule has 0 saturated heterocycles. The number of H-pyrrole nitrogens is 1. The Morgan fingerprint density at radius 1 is 1.21 bits per heavy atom. The molecule has 3 aromatic rings. The number of aromatic amines is 1. The fraction of sp³-hybridized carbons (Fsp3) is 0.238. The molecule has 0 unspecified atom stereocenters. The number of carbonyl (C=O) groups excluding carboxylic acids is 2. The molecule has 1 aromatic heterocycles. The first kappa shape index (κ1) is 19.4. The molecule has 5 nitrogen and oxygen atoms in total. The summed E-state index contributed by atoms with van der Waals surface area (Å²) in [4.78, 5) is 29.8. The number of esters is 1. The Balaban J connectivity index is 2.01. The van der Waals surface area contributed by atoms with Gasteiger partial charge in [0.1, 0.15) is 23.6 Å². The summed E-state index contributed by atoms with van der Waals surface area (Å²) in [5.41, 5.74) is 2.38. The van der Waals surface area contributed by atoms with Gasteiger partial charge in [0, 0.05) is 29.1 Å². The van der Waals surface area contributed by atoms with Gasteiger partial charge in [0.2, 0.25) is 5.91 Å². The third-order valence-electron chi connectivity index (χ3n) is 5.21. The highest BCUT2D eigenvalue weighted by Crippen LogP contribution is 2.41. The van der Waals surface area contributed by atoms with Gasteiger partial charge in [-0.05, 0) is 29.3 Å². The van der Waals surface area contributed by atoms with Crippen LogP contribution in [0.15, 0.2) is 42.5 Å². The standard InChI is InChI=1S/C21H17ClF2N2O3/c1-29-21(28)17-9-15-14-4-2-3-5-16(14)25-19(15)20(26(17)18(27)10-22)11-6-12(23)8-13(24)7-11/h2-8,17,20,25H,9-10H2,1H3/t17-,20-/m1/s1. The largest absolute Gasteiger partial charge is 0.467 e. The lowest BCUT2D eigenvalue weighted by Crippen LogP contribution is -2.52. The maximum atomic E-state index is 14.0. The average molecular weight is 419 g/mol. The van der Waals surface area contributed by atoms with Gasteiger partial charge >= 0.3 is 5.97 Å². The molecule has 0 radical (unpaired) electrons. The van der Waals surface area contributed by atoms with Gasteiger partial charge in [-0.25, -0.2) is 13.6 Å². The van der Waals surface area contributed by atoms with E-state index in [-0.39, 0.29) is 12.0 Å². The first-order chi connectivity index (χ1) is 13.9. The zero-order valence-corrected chi connectivity index (χ0v) is 16.2. The van der Waals surface area contributed by atoms with Crippen LogP contribution in [0.2, 0.25) is 0 Å². The van der Waals surface area contributed by atoms with E-state index in [1.54, 1.807) is 0 Å². The van der Waals surface area contributed by atoms with Crippen molar-refractivity contribution < 1.29 is 23.1 Å². The number of hydrogen-bond donors (Lipinski definition) is 1. The van der Waals surface area contributed by atoms with Gasteiger partial charge in [0.05, 0.1) is 13.2 Å². The van der Waals surface area contributed by atoms with Crippen molar-refractivity contribution in [2.75, 3.05) is 13.0 Å². The smallest absolute Gasteiger partial charge is 0.328 e. The van der Waals surface area contributed by atoms with Gasteiger partial charge in [-0.2, -0.15) is 0 Å². The van der Waals surface area contributed by atoms with E-state index < -0.39 is 41.5 Å². The van der Waals surface area contributed by atoms with Gasteiger partial charge in [0.25, 0.3) is 0 Å². The van der Waals surface area contributed by atoms with Crippen molar-refractivity contribution in [3.05, 3.63) is 70.9 Å². The fourth-order valence-corrected chi connectivity index (χ4v) is 4.20. The van der Waals surface area contributed by atoms with Crippen LogP contribution in [0.4, 0.5) is 8.78 Å². The Hall–Kier alpha value is -2.93. The number of hydrogen-bond acceptors (Lipinski definition) is 3. The monoisotopic (exact) mass is 418 g/mol. The molecule has 0 fully saturated rings. The van der Waals surface area contributed by atoms with E-state index in [1.807, 2.05) is 24.3 Å². The molecule has 2 aromatic carbocycles. The molecule has 1 aliphatic rings. The number of nitrogens with one attached hydrogen (secondary N) is 1. The lowest BCUT2D eigenvalue weighted by molar-refractivity contribution is -0.154. The van der Waals surface area contributed by atoms with Crippen molar-refractivity contribution >= 4 is 34.4 Å². The minimum absolute atomic E-state index is 0.197. The molecule has 8 heteroatoms. The van der Waals surface area contributed by atoms with Crippen LogP contribution in [0.3, 0.4) is 0 Å². The van der Waals surface area contributed by atoms with Crippen molar-refractivity contribution in [1.29, 1.82) is 0 Å². The summed E-state index contributed by atoms with van der Waals surface area (Å²) < 4.78 is 33.0. The van der Waals surface area contributed by atoms with E-state index in [4.69, 9.17) is 16.3 Å². The number of methoxy groups -OCH3 is 1. The quantitative estimate of drug-likeness (QED) is 0.521. The van der Waals surface area contributed by atoms with Crippen molar-refractivity contribution in [2.24, 2.45) is 0 Å².